The number of hydrogen-bond donors (Lipinski definition) is 0. The highest BCUT2D eigenvalue weighted by molar-refractivity contribution is 4.72. The first-order valence-corrected chi connectivity index (χ1v) is 4.20. The Bertz CT molecular complexity index is 86.0. The summed E-state index contributed by atoms with van der Waals surface area (Å²) in [5.41, 5.74) is 0. The van der Waals surface area contributed by atoms with Gasteiger partial charge < -0.3 is 0 Å². The van der Waals surface area contributed by atoms with Gasteiger partial charge in [0.1, 0.15) is 0 Å². The zero-order chi connectivity index (χ0) is 6.85. The van der Waals surface area contributed by atoms with Gasteiger partial charge in [0, 0.05) is 0 Å². The SMILES string of the molecule is C[C@H]1CC[C@H](C)[C@@H](C)C1. The zero-order valence-electron chi connectivity index (χ0n) is 6.85. The Morgan fingerprint density at radius 2 is 1.56 bits per heavy atom. The Morgan fingerprint density at radius 3 is 2.00 bits per heavy atom. The predicted molar refractivity (Wildman–Crippen MR) is 41.3 cm³/mol. The summed E-state index contributed by atoms with van der Waals surface area (Å²) in [5.74, 6) is 2.96. The number of rotatable bonds is 0. The van der Waals surface area contributed by atoms with Crippen molar-refractivity contribution in [3.8, 4) is 0 Å². The molecule has 1 saturated carbocycles. The summed E-state index contributed by atoms with van der Waals surface area (Å²) in [4.78, 5) is 0. The smallest absolute Gasteiger partial charge is 0.0414 e. The van der Waals surface area contributed by atoms with Gasteiger partial charge in [0.05, 0.1) is 0 Å². The van der Waals surface area contributed by atoms with Gasteiger partial charge in [0.15, 0.2) is 0 Å². The molecule has 0 saturated heterocycles. The molecule has 0 aromatic carbocycles. The maximum Gasteiger partial charge on any atom is -0.0414 e. The third-order valence-corrected chi connectivity index (χ3v) is 2.86. The van der Waals surface area contributed by atoms with Crippen molar-refractivity contribution in [1.82, 2.24) is 0 Å². The molecule has 0 aliphatic heterocycles. The standard InChI is InChI=1S/C9H18/c1-7-4-5-8(2)9(3)6-7/h7-9H,4-6H2,1-3H3/t7-,8-,9-/m0/s1. The average molecular weight is 126 g/mol. The van der Waals surface area contributed by atoms with Gasteiger partial charge in [-0.15, -0.1) is 0 Å². The highest BCUT2D eigenvalue weighted by Crippen LogP contribution is 2.32. The van der Waals surface area contributed by atoms with Crippen molar-refractivity contribution in [2.24, 2.45) is 17.8 Å². The molecule has 0 nitrogen and oxygen atoms in total. The minimum absolute atomic E-state index is 0.980. The molecule has 0 bridgehead atoms. The van der Waals surface area contributed by atoms with E-state index in [0.29, 0.717) is 0 Å². The van der Waals surface area contributed by atoms with Crippen LogP contribution in [0.2, 0.25) is 0 Å². The second-order valence-electron chi connectivity index (χ2n) is 3.87. The topological polar surface area (TPSA) is 0 Å². The van der Waals surface area contributed by atoms with Crippen LogP contribution < -0.4 is 0 Å². The summed E-state index contributed by atoms with van der Waals surface area (Å²) in [5, 5.41) is 0. The molecular weight excluding hydrogens is 108 g/mol. The lowest BCUT2D eigenvalue weighted by molar-refractivity contribution is 0.220. The first-order chi connectivity index (χ1) is 4.20. The minimum atomic E-state index is 0.980. The summed E-state index contributed by atoms with van der Waals surface area (Å²) in [6.07, 6.45) is 4.38. The van der Waals surface area contributed by atoms with Crippen LogP contribution in [-0.4, -0.2) is 0 Å². The van der Waals surface area contributed by atoms with Crippen LogP contribution in [-0.2, 0) is 0 Å². The minimum Gasteiger partial charge on any atom is -0.0625 e. The van der Waals surface area contributed by atoms with E-state index in [1.54, 1.807) is 0 Å². The predicted octanol–water partition coefficient (Wildman–Crippen LogP) is 3.08. The van der Waals surface area contributed by atoms with Gasteiger partial charge in [0.25, 0.3) is 0 Å². The number of hydrogen-bond acceptors (Lipinski definition) is 0. The van der Waals surface area contributed by atoms with Gasteiger partial charge in [-0.2, -0.15) is 0 Å². The molecule has 0 N–H and O–H groups in total. The summed E-state index contributed by atoms with van der Waals surface area (Å²) >= 11 is 0. The van der Waals surface area contributed by atoms with E-state index in [-0.39, 0.29) is 0 Å². The molecule has 0 heterocycles. The van der Waals surface area contributed by atoms with Gasteiger partial charge in [-0.1, -0.05) is 33.6 Å². The molecule has 3 atom stereocenters. The lowest BCUT2D eigenvalue weighted by Gasteiger charge is -2.29. The van der Waals surface area contributed by atoms with Crippen molar-refractivity contribution in [1.29, 1.82) is 0 Å². The molecule has 0 aromatic heterocycles. The molecule has 0 radical (unpaired) electrons. The van der Waals surface area contributed by atoms with Crippen LogP contribution >= 0.6 is 0 Å². The third kappa shape index (κ3) is 1.70. The van der Waals surface area contributed by atoms with Crippen molar-refractivity contribution in [3.05, 3.63) is 0 Å². The Balaban J connectivity index is 2.35. The van der Waals surface area contributed by atoms with Crippen LogP contribution in [0.3, 0.4) is 0 Å². The molecule has 1 rings (SSSR count). The highest BCUT2D eigenvalue weighted by atomic mass is 14.3. The van der Waals surface area contributed by atoms with E-state index < -0.39 is 0 Å². The van der Waals surface area contributed by atoms with Crippen LogP contribution in [0.15, 0.2) is 0 Å². The fraction of sp³-hybridized carbons (Fsp3) is 1.00. The molecule has 0 heteroatoms. The van der Waals surface area contributed by atoms with E-state index in [2.05, 4.69) is 20.8 Å². The Kier molecular flexibility index (Phi) is 2.15. The molecule has 54 valence electrons. The quantitative estimate of drug-likeness (QED) is 0.468. The molecule has 1 aliphatic carbocycles. The van der Waals surface area contributed by atoms with Crippen LogP contribution in [0.4, 0.5) is 0 Å². The molecule has 0 unspecified atom stereocenters. The maximum atomic E-state index is 2.39. The van der Waals surface area contributed by atoms with E-state index in [1.807, 2.05) is 0 Å². The van der Waals surface area contributed by atoms with Crippen molar-refractivity contribution in [3.63, 3.8) is 0 Å². The lowest BCUT2D eigenvalue weighted by Crippen LogP contribution is -2.18. The summed E-state index contributed by atoms with van der Waals surface area (Å²) in [7, 11) is 0. The van der Waals surface area contributed by atoms with Gasteiger partial charge in [-0.25, -0.2) is 0 Å². The van der Waals surface area contributed by atoms with Gasteiger partial charge in [-0.05, 0) is 24.2 Å². The molecule has 0 aromatic rings. The molecule has 9 heavy (non-hydrogen) atoms. The largest absolute Gasteiger partial charge is 0.0625 e. The van der Waals surface area contributed by atoms with E-state index in [9.17, 15) is 0 Å². The third-order valence-electron chi connectivity index (χ3n) is 2.86. The Hall–Kier alpha value is 0. The molecule has 1 aliphatic rings. The highest BCUT2D eigenvalue weighted by Gasteiger charge is 2.20. The first kappa shape index (κ1) is 7.11. The van der Waals surface area contributed by atoms with Crippen molar-refractivity contribution >= 4 is 0 Å². The fourth-order valence-corrected chi connectivity index (χ4v) is 1.82. The van der Waals surface area contributed by atoms with E-state index in [4.69, 9.17) is 0 Å². The lowest BCUT2D eigenvalue weighted by atomic mass is 9.77. The summed E-state index contributed by atoms with van der Waals surface area (Å²) in [6.45, 7) is 7.15. The Labute approximate surface area is 58.7 Å². The second-order valence-corrected chi connectivity index (χ2v) is 3.87. The van der Waals surface area contributed by atoms with Crippen LogP contribution in [0.25, 0.3) is 0 Å². The second kappa shape index (κ2) is 2.72. The maximum absolute atomic E-state index is 2.39. The van der Waals surface area contributed by atoms with Gasteiger partial charge >= 0.3 is 0 Å². The molecule has 0 spiro atoms. The molecular formula is C9H18. The summed E-state index contributed by atoms with van der Waals surface area (Å²) in [6, 6.07) is 0. The summed E-state index contributed by atoms with van der Waals surface area (Å²) < 4.78 is 0. The first-order valence-electron chi connectivity index (χ1n) is 4.20. The fourth-order valence-electron chi connectivity index (χ4n) is 1.82. The zero-order valence-corrected chi connectivity index (χ0v) is 6.85. The van der Waals surface area contributed by atoms with E-state index in [1.165, 1.54) is 19.3 Å². The van der Waals surface area contributed by atoms with Crippen LogP contribution in [0, 0.1) is 17.8 Å². The van der Waals surface area contributed by atoms with Crippen LogP contribution in [0.5, 0.6) is 0 Å². The van der Waals surface area contributed by atoms with Crippen molar-refractivity contribution in [2.45, 2.75) is 40.0 Å². The van der Waals surface area contributed by atoms with Gasteiger partial charge in [0.2, 0.25) is 0 Å². The molecule has 0 amide bonds. The van der Waals surface area contributed by atoms with Crippen molar-refractivity contribution < 1.29 is 0 Å². The van der Waals surface area contributed by atoms with Crippen LogP contribution in [0.1, 0.15) is 40.0 Å². The van der Waals surface area contributed by atoms with Gasteiger partial charge in [-0.3, -0.25) is 0 Å². The normalized spacial score (nSPS) is 45.0. The monoisotopic (exact) mass is 126 g/mol. The van der Waals surface area contributed by atoms with E-state index in [0.717, 1.165) is 17.8 Å². The molecule has 1 fully saturated rings. The Morgan fingerprint density at radius 1 is 0.889 bits per heavy atom. The van der Waals surface area contributed by atoms with Crippen molar-refractivity contribution in [2.75, 3.05) is 0 Å². The average Bonchev–Trinajstić information content (AvgIpc) is 1.80. The van der Waals surface area contributed by atoms with E-state index >= 15 is 0 Å².